The average Bonchev–Trinajstić information content (AvgIpc) is 3.29. The number of anilines is 1. The quantitative estimate of drug-likeness (QED) is 0.861. The van der Waals surface area contributed by atoms with Gasteiger partial charge in [-0.1, -0.05) is 48.5 Å². The van der Waals surface area contributed by atoms with Gasteiger partial charge in [-0.25, -0.2) is 14.8 Å². The Labute approximate surface area is 145 Å². The molecule has 2 saturated heterocycles. The molecule has 2 atom stereocenters. The van der Waals surface area contributed by atoms with E-state index in [1.807, 2.05) is 60.7 Å². The lowest BCUT2D eigenvalue weighted by molar-refractivity contribution is -0.137. The van der Waals surface area contributed by atoms with Crippen LogP contribution in [-0.2, 0) is 14.4 Å². The smallest absolute Gasteiger partial charge is 0.416 e. The minimum Gasteiger partial charge on any atom is -0.447 e. The van der Waals surface area contributed by atoms with Gasteiger partial charge in [0.2, 0.25) is 0 Å². The highest BCUT2D eigenvalue weighted by atomic mass is 16.7. The van der Waals surface area contributed by atoms with Crippen molar-refractivity contribution in [3.05, 3.63) is 66.2 Å². The van der Waals surface area contributed by atoms with Gasteiger partial charge in [0.1, 0.15) is 6.61 Å². The van der Waals surface area contributed by atoms with Crippen molar-refractivity contribution in [2.45, 2.75) is 18.6 Å². The molecule has 2 aliphatic rings. The Morgan fingerprint density at radius 1 is 1.00 bits per heavy atom. The van der Waals surface area contributed by atoms with Crippen LogP contribution in [0.4, 0.5) is 10.5 Å². The SMILES string of the molecule is O=C1OCCN1C(=O)[C@@H]1C[C@H](c2ccccc2)N(c2ccccc2)O1. The van der Waals surface area contributed by atoms with Crippen LogP contribution >= 0.6 is 0 Å². The maximum Gasteiger partial charge on any atom is 0.416 e. The van der Waals surface area contributed by atoms with Crippen molar-refractivity contribution in [1.29, 1.82) is 0 Å². The molecule has 0 unspecified atom stereocenters. The molecule has 0 aliphatic carbocycles. The number of carbonyl (C=O) groups excluding carboxylic acids is 2. The van der Waals surface area contributed by atoms with Crippen LogP contribution in [0.5, 0.6) is 0 Å². The highest BCUT2D eigenvalue weighted by molar-refractivity contribution is 5.95. The van der Waals surface area contributed by atoms with E-state index in [9.17, 15) is 9.59 Å². The molecule has 2 aromatic carbocycles. The first-order valence-corrected chi connectivity index (χ1v) is 8.28. The van der Waals surface area contributed by atoms with E-state index in [-0.39, 0.29) is 25.1 Å². The van der Waals surface area contributed by atoms with Crippen molar-refractivity contribution in [3.8, 4) is 0 Å². The third kappa shape index (κ3) is 2.96. The van der Waals surface area contributed by atoms with Crippen LogP contribution in [0.2, 0.25) is 0 Å². The zero-order valence-electron chi connectivity index (χ0n) is 13.6. The van der Waals surface area contributed by atoms with E-state index in [4.69, 9.17) is 9.57 Å². The first-order chi connectivity index (χ1) is 12.2. The summed E-state index contributed by atoms with van der Waals surface area (Å²) in [7, 11) is 0. The third-order valence-electron chi connectivity index (χ3n) is 4.46. The number of ether oxygens (including phenoxy) is 1. The topological polar surface area (TPSA) is 59.1 Å². The number of para-hydroxylation sites is 1. The number of carbonyl (C=O) groups is 2. The number of hydrogen-bond donors (Lipinski definition) is 0. The third-order valence-corrected chi connectivity index (χ3v) is 4.46. The molecule has 0 N–H and O–H groups in total. The number of hydroxylamine groups is 1. The summed E-state index contributed by atoms with van der Waals surface area (Å²) in [5.41, 5.74) is 1.93. The zero-order chi connectivity index (χ0) is 17.2. The van der Waals surface area contributed by atoms with Crippen LogP contribution in [0.1, 0.15) is 18.0 Å². The highest BCUT2D eigenvalue weighted by Crippen LogP contribution is 2.38. The molecule has 128 valence electrons. The van der Waals surface area contributed by atoms with Gasteiger partial charge >= 0.3 is 6.09 Å². The Morgan fingerprint density at radius 2 is 1.68 bits per heavy atom. The van der Waals surface area contributed by atoms with E-state index in [1.54, 1.807) is 5.06 Å². The Hall–Kier alpha value is -2.86. The number of nitrogens with zero attached hydrogens (tertiary/aromatic N) is 2. The number of amides is 2. The molecule has 4 rings (SSSR count). The van der Waals surface area contributed by atoms with Crippen LogP contribution < -0.4 is 5.06 Å². The maximum atomic E-state index is 12.7. The summed E-state index contributed by atoms with van der Waals surface area (Å²) in [6.07, 6.45) is -0.833. The van der Waals surface area contributed by atoms with Gasteiger partial charge < -0.3 is 4.74 Å². The lowest BCUT2D eigenvalue weighted by atomic mass is 10.0. The minimum absolute atomic E-state index is 0.101. The van der Waals surface area contributed by atoms with Crippen LogP contribution in [0, 0.1) is 0 Å². The van der Waals surface area contributed by atoms with E-state index in [0.717, 1.165) is 16.2 Å². The van der Waals surface area contributed by atoms with Crippen LogP contribution in [0.25, 0.3) is 0 Å². The van der Waals surface area contributed by atoms with E-state index < -0.39 is 12.2 Å². The second kappa shape index (κ2) is 6.57. The highest BCUT2D eigenvalue weighted by Gasteiger charge is 2.43. The molecule has 2 amide bonds. The Balaban J connectivity index is 1.62. The predicted molar refractivity (Wildman–Crippen MR) is 90.7 cm³/mol. The molecule has 0 spiro atoms. The summed E-state index contributed by atoms with van der Waals surface area (Å²) in [5, 5.41) is 1.76. The monoisotopic (exact) mass is 338 g/mol. The molecular weight excluding hydrogens is 320 g/mol. The predicted octanol–water partition coefficient (Wildman–Crippen LogP) is 2.92. The Morgan fingerprint density at radius 3 is 2.32 bits per heavy atom. The van der Waals surface area contributed by atoms with Crippen molar-refractivity contribution < 1.29 is 19.2 Å². The van der Waals surface area contributed by atoms with Gasteiger partial charge in [0.05, 0.1) is 18.3 Å². The van der Waals surface area contributed by atoms with Gasteiger partial charge in [0.15, 0.2) is 6.10 Å². The lowest BCUT2D eigenvalue weighted by Gasteiger charge is -2.25. The summed E-state index contributed by atoms with van der Waals surface area (Å²) in [4.78, 5) is 31.5. The standard InChI is InChI=1S/C19H18N2O4/c22-18(20-11-12-24-19(20)23)17-13-16(14-7-3-1-4-8-14)21(25-17)15-9-5-2-6-10-15/h1-10,16-17H,11-13H2/t16-,17+/m1/s1. The molecule has 2 aliphatic heterocycles. The number of cyclic esters (lactones) is 1. The number of imide groups is 1. The largest absolute Gasteiger partial charge is 0.447 e. The molecule has 0 radical (unpaired) electrons. The summed E-state index contributed by atoms with van der Waals surface area (Å²) in [6, 6.07) is 19.5. The van der Waals surface area contributed by atoms with Crippen molar-refractivity contribution >= 4 is 17.7 Å². The minimum atomic E-state index is -0.712. The van der Waals surface area contributed by atoms with Crippen molar-refractivity contribution in [2.24, 2.45) is 0 Å². The summed E-state index contributed by atoms with van der Waals surface area (Å²) in [5.74, 6) is -0.345. The summed E-state index contributed by atoms with van der Waals surface area (Å²) in [6.45, 7) is 0.515. The molecule has 6 heteroatoms. The fourth-order valence-corrected chi connectivity index (χ4v) is 3.23. The van der Waals surface area contributed by atoms with Crippen LogP contribution in [-0.4, -0.2) is 36.2 Å². The van der Waals surface area contributed by atoms with Gasteiger partial charge in [-0.15, -0.1) is 0 Å². The number of hydrogen-bond acceptors (Lipinski definition) is 5. The molecule has 2 aromatic rings. The van der Waals surface area contributed by atoms with Gasteiger partial charge in [-0.05, 0) is 17.7 Å². The zero-order valence-corrected chi connectivity index (χ0v) is 13.6. The molecule has 2 heterocycles. The van der Waals surface area contributed by atoms with E-state index >= 15 is 0 Å². The molecule has 25 heavy (non-hydrogen) atoms. The molecule has 0 aromatic heterocycles. The van der Waals surface area contributed by atoms with Crippen molar-refractivity contribution in [1.82, 2.24) is 4.90 Å². The van der Waals surface area contributed by atoms with Crippen molar-refractivity contribution in [3.63, 3.8) is 0 Å². The fraction of sp³-hybridized carbons (Fsp3) is 0.263. The first kappa shape index (κ1) is 15.7. The molecular formula is C19H18N2O4. The molecule has 6 nitrogen and oxygen atoms in total. The van der Waals surface area contributed by atoms with E-state index in [0.29, 0.717) is 6.42 Å². The van der Waals surface area contributed by atoms with Crippen molar-refractivity contribution in [2.75, 3.05) is 18.2 Å². The number of benzene rings is 2. The second-order valence-electron chi connectivity index (χ2n) is 6.02. The van der Waals surface area contributed by atoms with Gasteiger partial charge in [0, 0.05) is 6.42 Å². The van der Waals surface area contributed by atoms with Crippen LogP contribution in [0.15, 0.2) is 60.7 Å². The maximum absolute atomic E-state index is 12.7. The second-order valence-corrected chi connectivity index (χ2v) is 6.02. The molecule has 2 fully saturated rings. The normalized spacial score (nSPS) is 23.0. The summed E-state index contributed by atoms with van der Waals surface area (Å²) < 4.78 is 4.87. The van der Waals surface area contributed by atoms with Gasteiger partial charge in [0.25, 0.3) is 5.91 Å². The number of rotatable bonds is 3. The average molecular weight is 338 g/mol. The fourth-order valence-electron chi connectivity index (χ4n) is 3.23. The van der Waals surface area contributed by atoms with Gasteiger partial charge in [-0.3, -0.25) is 9.63 Å². The Bertz CT molecular complexity index is 718. The van der Waals surface area contributed by atoms with Gasteiger partial charge in [-0.2, -0.15) is 0 Å². The van der Waals surface area contributed by atoms with E-state index in [1.165, 1.54) is 0 Å². The molecule has 0 saturated carbocycles. The van der Waals surface area contributed by atoms with E-state index in [2.05, 4.69) is 0 Å². The first-order valence-electron chi connectivity index (χ1n) is 8.28. The molecule has 0 bridgehead atoms. The lowest BCUT2D eigenvalue weighted by Crippen LogP contribution is -2.40. The van der Waals surface area contributed by atoms with Crippen LogP contribution in [0.3, 0.4) is 0 Å². The summed E-state index contributed by atoms with van der Waals surface area (Å²) >= 11 is 0. The Kier molecular flexibility index (Phi) is 4.11.